The minimum atomic E-state index is -0.825. The lowest BCUT2D eigenvalue weighted by atomic mass is 10.2. The van der Waals surface area contributed by atoms with Crippen LogP contribution < -0.4 is 5.32 Å². The molecule has 2 N–H and O–H groups in total. The van der Waals surface area contributed by atoms with Crippen molar-refractivity contribution in [1.82, 2.24) is 25.5 Å². The standard InChI is InChI=1S/C12H15N5O3S/c18-10(13-6-2-1-5-11(19)20)8-17-15-12(14-16-17)9-4-3-7-21-9/h3-4,7H,1-2,5-6,8H2,(H,13,18)(H,19,20). The second-order valence-electron chi connectivity index (χ2n) is 4.32. The second kappa shape index (κ2) is 7.48. The highest BCUT2D eigenvalue weighted by Crippen LogP contribution is 2.19. The van der Waals surface area contributed by atoms with Crippen molar-refractivity contribution < 1.29 is 14.7 Å². The summed E-state index contributed by atoms with van der Waals surface area (Å²) in [4.78, 5) is 24.1. The summed E-state index contributed by atoms with van der Waals surface area (Å²) in [5.74, 6) is -0.547. The number of carbonyl (C=O) groups excluding carboxylic acids is 1. The van der Waals surface area contributed by atoms with E-state index < -0.39 is 5.97 Å². The lowest BCUT2D eigenvalue weighted by Gasteiger charge is -2.03. The molecule has 0 unspecified atom stereocenters. The van der Waals surface area contributed by atoms with Crippen molar-refractivity contribution in [2.24, 2.45) is 0 Å². The van der Waals surface area contributed by atoms with Crippen molar-refractivity contribution in [3.05, 3.63) is 17.5 Å². The summed E-state index contributed by atoms with van der Waals surface area (Å²) in [5.41, 5.74) is 0. The molecular formula is C12H15N5O3S. The van der Waals surface area contributed by atoms with E-state index in [-0.39, 0.29) is 18.9 Å². The van der Waals surface area contributed by atoms with E-state index in [0.717, 1.165) is 4.88 Å². The van der Waals surface area contributed by atoms with Gasteiger partial charge in [-0.3, -0.25) is 9.59 Å². The minimum Gasteiger partial charge on any atom is -0.481 e. The molecule has 0 aliphatic carbocycles. The van der Waals surface area contributed by atoms with E-state index >= 15 is 0 Å². The smallest absolute Gasteiger partial charge is 0.303 e. The van der Waals surface area contributed by atoms with Gasteiger partial charge < -0.3 is 10.4 Å². The molecule has 0 saturated carbocycles. The van der Waals surface area contributed by atoms with Crippen molar-refractivity contribution in [1.29, 1.82) is 0 Å². The predicted octanol–water partition coefficient (Wildman–Crippen LogP) is 0.773. The number of tetrazole rings is 1. The summed E-state index contributed by atoms with van der Waals surface area (Å²) < 4.78 is 0. The van der Waals surface area contributed by atoms with Crippen LogP contribution >= 0.6 is 11.3 Å². The Morgan fingerprint density at radius 2 is 2.24 bits per heavy atom. The molecule has 112 valence electrons. The van der Waals surface area contributed by atoms with E-state index in [1.54, 1.807) is 0 Å². The molecule has 0 radical (unpaired) electrons. The van der Waals surface area contributed by atoms with Gasteiger partial charge in [0, 0.05) is 13.0 Å². The van der Waals surface area contributed by atoms with E-state index in [9.17, 15) is 9.59 Å². The Hall–Kier alpha value is -2.29. The highest BCUT2D eigenvalue weighted by atomic mass is 32.1. The average molecular weight is 309 g/mol. The summed E-state index contributed by atoms with van der Waals surface area (Å²) >= 11 is 1.50. The van der Waals surface area contributed by atoms with Gasteiger partial charge in [0.25, 0.3) is 0 Å². The summed E-state index contributed by atoms with van der Waals surface area (Å²) in [6.07, 6.45) is 1.29. The molecule has 0 aliphatic heterocycles. The largest absolute Gasteiger partial charge is 0.481 e. The van der Waals surface area contributed by atoms with E-state index in [0.29, 0.717) is 25.2 Å². The van der Waals surface area contributed by atoms with Crippen LogP contribution in [0.2, 0.25) is 0 Å². The number of carboxylic acids is 1. The minimum absolute atomic E-state index is 0.00267. The first-order chi connectivity index (χ1) is 10.1. The normalized spacial score (nSPS) is 10.5. The molecule has 0 saturated heterocycles. The predicted molar refractivity (Wildman–Crippen MR) is 75.6 cm³/mol. The molecule has 0 bridgehead atoms. The number of unbranched alkanes of at least 4 members (excludes halogenated alkanes) is 1. The van der Waals surface area contributed by atoms with Crippen LogP contribution in [0.25, 0.3) is 10.7 Å². The third-order valence-electron chi connectivity index (χ3n) is 2.62. The monoisotopic (exact) mass is 309 g/mol. The zero-order valence-corrected chi connectivity index (χ0v) is 12.0. The van der Waals surface area contributed by atoms with Gasteiger partial charge in [0.05, 0.1) is 4.88 Å². The number of hydrogen-bond acceptors (Lipinski definition) is 6. The summed E-state index contributed by atoms with van der Waals surface area (Å²) in [6.45, 7) is 0.440. The zero-order chi connectivity index (χ0) is 15.1. The third kappa shape index (κ3) is 4.95. The fourth-order valence-corrected chi connectivity index (χ4v) is 2.28. The Morgan fingerprint density at radius 3 is 2.95 bits per heavy atom. The lowest BCUT2D eigenvalue weighted by molar-refractivity contribution is -0.137. The Morgan fingerprint density at radius 1 is 1.38 bits per heavy atom. The number of thiophene rings is 1. The van der Waals surface area contributed by atoms with Crippen LogP contribution in [-0.2, 0) is 16.1 Å². The van der Waals surface area contributed by atoms with Crippen LogP contribution in [0, 0.1) is 0 Å². The quantitative estimate of drug-likeness (QED) is 0.697. The molecule has 2 aromatic heterocycles. The Kier molecular flexibility index (Phi) is 5.38. The van der Waals surface area contributed by atoms with Crippen molar-refractivity contribution in [2.45, 2.75) is 25.8 Å². The molecular weight excluding hydrogens is 294 g/mol. The number of hydrogen-bond donors (Lipinski definition) is 2. The summed E-state index contributed by atoms with van der Waals surface area (Å²) in [6, 6.07) is 3.78. The van der Waals surface area contributed by atoms with Gasteiger partial charge >= 0.3 is 5.97 Å². The van der Waals surface area contributed by atoms with E-state index in [4.69, 9.17) is 5.11 Å². The van der Waals surface area contributed by atoms with Crippen LogP contribution in [0.1, 0.15) is 19.3 Å². The highest BCUT2D eigenvalue weighted by Gasteiger charge is 2.09. The highest BCUT2D eigenvalue weighted by molar-refractivity contribution is 7.13. The van der Waals surface area contributed by atoms with Crippen LogP contribution in [0.15, 0.2) is 17.5 Å². The van der Waals surface area contributed by atoms with Crippen LogP contribution in [0.5, 0.6) is 0 Å². The third-order valence-corrected chi connectivity index (χ3v) is 3.48. The number of amides is 1. The maximum Gasteiger partial charge on any atom is 0.303 e. The second-order valence-corrected chi connectivity index (χ2v) is 5.27. The van der Waals surface area contributed by atoms with Crippen molar-refractivity contribution in [3.63, 3.8) is 0 Å². The number of carboxylic acid groups (broad SMARTS) is 1. The van der Waals surface area contributed by atoms with Gasteiger partial charge in [-0.25, -0.2) is 0 Å². The van der Waals surface area contributed by atoms with Crippen molar-refractivity contribution in [2.75, 3.05) is 6.54 Å². The van der Waals surface area contributed by atoms with Gasteiger partial charge in [0.15, 0.2) is 0 Å². The first-order valence-electron chi connectivity index (χ1n) is 6.45. The van der Waals surface area contributed by atoms with Gasteiger partial charge in [0.2, 0.25) is 11.7 Å². The molecule has 21 heavy (non-hydrogen) atoms. The topological polar surface area (TPSA) is 110 Å². The summed E-state index contributed by atoms with van der Waals surface area (Å²) in [7, 11) is 0. The molecule has 2 rings (SSSR count). The molecule has 0 spiro atoms. The molecule has 0 aliphatic rings. The first kappa shape index (κ1) is 15.1. The molecule has 9 heteroatoms. The molecule has 8 nitrogen and oxygen atoms in total. The van der Waals surface area contributed by atoms with Gasteiger partial charge in [-0.15, -0.1) is 21.5 Å². The molecule has 1 amide bonds. The van der Waals surface area contributed by atoms with E-state index in [2.05, 4.69) is 20.7 Å². The maximum atomic E-state index is 11.7. The molecule has 0 fully saturated rings. The number of aromatic nitrogens is 4. The summed E-state index contributed by atoms with van der Waals surface area (Å²) in [5, 5.41) is 24.9. The molecule has 2 heterocycles. The van der Waals surface area contributed by atoms with Gasteiger partial charge in [0.1, 0.15) is 6.54 Å². The Bertz CT molecular complexity index is 596. The number of aliphatic carboxylic acids is 1. The number of nitrogens with zero attached hydrogens (tertiary/aromatic N) is 4. The number of nitrogens with one attached hydrogen (secondary N) is 1. The molecule has 0 aromatic carbocycles. The van der Waals surface area contributed by atoms with E-state index in [1.165, 1.54) is 16.1 Å². The fourth-order valence-electron chi connectivity index (χ4n) is 1.63. The zero-order valence-electron chi connectivity index (χ0n) is 11.2. The number of rotatable bonds is 8. The number of carbonyl (C=O) groups is 2. The van der Waals surface area contributed by atoms with Crippen LogP contribution in [0.4, 0.5) is 0 Å². The SMILES string of the molecule is O=C(O)CCCCNC(=O)Cn1nnc(-c2cccs2)n1. The fraction of sp³-hybridized carbons (Fsp3) is 0.417. The molecule has 0 atom stereocenters. The Balaban J connectivity index is 1.72. The molecule has 2 aromatic rings. The van der Waals surface area contributed by atoms with Crippen molar-refractivity contribution >= 4 is 23.2 Å². The van der Waals surface area contributed by atoms with Crippen molar-refractivity contribution in [3.8, 4) is 10.7 Å². The van der Waals surface area contributed by atoms with Crippen LogP contribution in [-0.4, -0.2) is 43.7 Å². The maximum absolute atomic E-state index is 11.7. The van der Waals surface area contributed by atoms with Gasteiger partial charge in [-0.2, -0.15) is 4.80 Å². The Labute approximate surface area is 124 Å². The van der Waals surface area contributed by atoms with E-state index in [1.807, 2.05) is 17.5 Å². The van der Waals surface area contributed by atoms with Gasteiger partial charge in [-0.1, -0.05) is 6.07 Å². The first-order valence-corrected chi connectivity index (χ1v) is 7.33. The van der Waals surface area contributed by atoms with Crippen LogP contribution in [0.3, 0.4) is 0 Å². The van der Waals surface area contributed by atoms with Gasteiger partial charge in [-0.05, 0) is 29.5 Å². The lowest BCUT2D eigenvalue weighted by Crippen LogP contribution is -2.29. The average Bonchev–Trinajstić information content (AvgIpc) is 3.08.